The number of amides is 1. The van der Waals surface area contributed by atoms with Crippen LogP contribution >= 0.6 is 11.6 Å². The van der Waals surface area contributed by atoms with Gasteiger partial charge in [-0.3, -0.25) is 4.79 Å². The van der Waals surface area contributed by atoms with E-state index in [1.807, 2.05) is 0 Å². The number of halogens is 2. The maximum absolute atomic E-state index is 13.3. The zero-order valence-corrected chi connectivity index (χ0v) is 13.8. The number of nitrogens with one attached hydrogen (secondary N) is 1. The first-order valence-electron chi connectivity index (χ1n) is 7.05. The molecule has 0 fully saturated rings. The molecule has 0 aromatic heterocycles. The molecule has 8 heteroatoms. The number of hydrogen-bond acceptors (Lipinski definition) is 4. The Hall–Kier alpha value is -2.66. The number of carbonyl (C=O) groups is 1. The zero-order valence-electron chi connectivity index (χ0n) is 13.1. The Balaban J connectivity index is 2.03. The number of hydrogen-bond donors (Lipinski definition) is 3. The van der Waals surface area contributed by atoms with Gasteiger partial charge in [0.25, 0.3) is 11.7 Å². The Morgan fingerprint density at radius 3 is 2.68 bits per heavy atom. The maximum Gasteiger partial charge on any atom is 0.288 e. The van der Waals surface area contributed by atoms with Gasteiger partial charge < -0.3 is 20.3 Å². The number of ether oxygens (including phenoxy) is 1. The molecule has 3 N–H and O–H groups in total. The quantitative estimate of drug-likeness (QED) is 0.562. The van der Waals surface area contributed by atoms with E-state index in [0.29, 0.717) is 16.9 Å². The molecule has 0 aliphatic heterocycles. The van der Waals surface area contributed by atoms with Crippen molar-refractivity contribution in [2.75, 3.05) is 11.9 Å². The third-order valence-electron chi connectivity index (χ3n) is 3.27. The molecule has 0 aliphatic carbocycles. The lowest BCUT2D eigenvalue weighted by Gasteiger charge is -2.21. The van der Waals surface area contributed by atoms with Crippen molar-refractivity contribution in [3.05, 3.63) is 64.2 Å². The number of aryl methyl sites for hydroxylation is 1. The van der Waals surface area contributed by atoms with Gasteiger partial charge in [-0.05, 0) is 36.8 Å². The predicted octanol–water partition coefficient (Wildman–Crippen LogP) is 3.04. The van der Waals surface area contributed by atoms with Crippen LogP contribution in [0, 0.1) is 19.3 Å². The Bertz CT molecular complexity index is 849. The number of aliphatic hydroxyl groups is 2. The first kappa shape index (κ1) is 18.7. The van der Waals surface area contributed by atoms with Gasteiger partial charge in [-0.25, -0.2) is 9.24 Å². The molecule has 0 heterocycles. The SMILES string of the molecule is [C-]#[N+]c1ccc(NC(=O)C(O)(O)COc2ccc(Cl)c(F)c2)cc1C. The van der Waals surface area contributed by atoms with Crippen LogP contribution in [-0.2, 0) is 4.79 Å². The average molecular weight is 365 g/mol. The van der Waals surface area contributed by atoms with Crippen LogP contribution in [0.4, 0.5) is 15.8 Å². The molecule has 2 aromatic carbocycles. The Kier molecular flexibility index (Phi) is 5.59. The van der Waals surface area contributed by atoms with Gasteiger partial charge in [-0.1, -0.05) is 17.7 Å². The minimum Gasteiger partial charge on any atom is -0.487 e. The van der Waals surface area contributed by atoms with Gasteiger partial charge in [0.05, 0.1) is 11.6 Å². The molecule has 0 spiro atoms. The summed E-state index contributed by atoms with van der Waals surface area (Å²) in [5, 5.41) is 21.9. The van der Waals surface area contributed by atoms with Crippen molar-refractivity contribution in [3.8, 4) is 5.75 Å². The van der Waals surface area contributed by atoms with Crippen molar-refractivity contribution in [2.24, 2.45) is 0 Å². The van der Waals surface area contributed by atoms with Crippen LogP contribution in [-0.4, -0.2) is 28.5 Å². The lowest BCUT2D eigenvalue weighted by Crippen LogP contribution is -2.47. The standard InChI is InChI=1S/C17H14ClFN2O4/c1-10-7-11(3-6-15(10)20-2)21-16(22)17(23,24)9-25-12-4-5-13(18)14(19)8-12/h3-8,23-24H,9H2,1H3,(H,21,22). The smallest absolute Gasteiger partial charge is 0.288 e. The fraction of sp³-hybridized carbons (Fsp3) is 0.176. The van der Waals surface area contributed by atoms with E-state index in [4.69, 9.17) is 22.9 Å². The van der Waals surface area contributed by atoms with E-state index in [2.05, 4.69) is 10.2 Å². The molecule has 0 radical (unpaired) electrons. The molecule has 0 aliphatic rings. The van der Waals surface area contributed by atoms with Crippen LogP contribution in [0.25, 0.3) is 4.85 Å². The number of rotatable bonds is 5. The molecule has 0 unspecified atom stereocenters. The highest BCUT2D eigenvalue weighted by atomic mass is 35.5. The van der Waals surface area contributed by atoms with Crippen molar-refractivity contribution in [1.29, 1.82) is 0 Å². The van der Waals surface area contributed by atoms with E-state index in [0.717, 1.165) is 6.07 Å². The van der Waals surface area contributed by atoms with E-state index >= 15 is 0 Å². The van der Waals surface area contributed by atoms with Crippen molar-refractivity contribution >= 4 is 28.9 Å². The van der Waals surface area contributed by atoms with Crippen molar-refractivity contribution in [3.63, 3.8) is 0 Å². The normalized spacial score (nSPS) is 10.9. The maximum atomic E-state index is 13.3. The van der Waals surface area contributed by atoms with E-state index in [1.54, 1.807) is 6.92 Å². The summed E-state index contributed by atoms with van der Waals surface area (Å²) in [6, 6.07) is 8.01. The van der Waals surface area contributed by atoms with Gasteiger partial charge >= 0.3 is 0 Å². The van der Waals surface area contributed by atoms with Gasteiger partial charge in [-0.2, -0.15) is 0 Å². The van der Waals surface area contributed by atoms with Crippen molar-refractivity contribution in [2.45, 2.75) is 12.7 Å². The summed E-state index contributed by atoms with van der Waals surface area (Å²) in [6.07, 6.45) is 0. The number of nitrogens with zero attached hydrogens (tertiary/aromatic N) is 1. The number of carbonyl (C=O) groups excluding carboxylic acids is 1. The number of benzene rings is 2. The highest BCUT2D eigenvalue weighted by Gasteiger charge is 2.34. The highest BCUT2D eigenvalue weighted by molar-refractivity contribution is 6.30. The van der Waals surface area contributed by atoms with Gasteiger partial charge in [0.1, 0.15) is 11.6 Å². The summed E-state index contributed by atoms with van der Waals surface area (Å²) < 4.78 is 18.3. The van der Waals surface area contributed by atoms with E-state index in [1.165, 1.54) is 30.3 Å². The fourth-order valence-corrected chi connectivity index (χ4v) is 2.02. The van der Waals surface area contributed by atoms with Crippen molar-refractivity contribution in [1.82, 2.24) is 0 Å². The van der Waals surface area contributed by atoms with Crippen LogP contribution < -0.4 is 10.1 Å². The zero-order chi connectivity index (χ0) is 18.6. The minimum absolute atomic E-state index is 0.0144. The van der Waals surface area contributed by atoms with Gasteiger partial charge in [0, 0.05) is 11.8 Å². The van der Waals surface area contributed by atoms with Gasteiger partial charge in [0.2, 0.25) is 0 Å². The largest absolute Gasteiger partial charge is 0.487 e. The van der Waals surface area contributed by atoms with Crippen LogP contribution in [0.15, 0.2) is 36.4 Å². The van der Waals surface area contributed by atoms with E-state index < -0.39 is 24.1 Å². The first-order valence-corrected chi connectivity index (χ1v) is 7.43. The molecule has 0 atom stereocenters. The summed E-state index contributed by atoms with van der Waals surface area (Å²) in [4.78, 5) is 15.3. The molecule has 1 amide bonds. The summed E-state index contributed by atoms with van der Waals surface area (Å²) in [5.41, 5.74) is 1.34. The van der Waals surface area contributed by atoms with Crippen LogP contribution in [0.1, 0.15) is 5.56 Å². The molecular formula is C17H14ClFN2O4. The summed E-state index contributed by atoms with van der Waals surface area (Å²) in [6.45, 7) is 7.83. The lowest BCUT2D eigenvalue weighted by atomic mass is 10.1. The van der Waals surface area contributed by atoms with Crippen LogP contribution in [0.2, 0.25) is 5.02 Å². The third-order valence-corrected chi connectivity index (χ3v) is 3.58. The fourth-order valence-electron chi connectivity index (χ4n) is 1.91. The first-order chi connectivity index (χ1) is 11.7. The predicted molar refractivity (Wildman–Crippen MR) is 90.1 cm³/mol. The minimum atomic E-state index is -2.84. The number of anilines is 1. The molecule has 130 valence electrons. The molecule has 0 saturated heterocycles. The summed E-state index contributed by atoms with van der Waals surface area (Å²) >= 11 is 5.53. The van der Waals surface area contributed by atoms with Crippen molar-refractivity contribution < 1.29 is 24.1 Å². The van der Waals surface area contributed by atoms with Gasteiger partial charge in [-0.15, -0.1) is 0 Å². The Morgan fingerprint density at radius 2 is 2.08 bits per heavy atom. The molecule has 25 heavy (non-hydrogen) atoms. The topological polar surface area (TPSA) is 83.2 Å². The van der Waals surface area contributed by atoms with Crippen LogP contribution in [0.3, 0.4) is 0 Å². The second kappa shape index (κ2) is 7.49. The second-order valence-electron chi connectivity index (χ2n) is 5.25. The summed E-state index contributed by atoms with van der Waals surface area (Å²) in [5.74, 6) is -4.72. The van der Waals surface area contributed by atoms with E-state index in [-0.39, 0.29) is 10.8 Å². The molecule has 0 saturated carbocycles. The summed E-state index contributed by atoms with van der Waals surface area (Å²) in [7, 11) is 0. The molecular weight excluding hydrogens is 351 g/mol. The van der Waals surface area contributed by atoms with Gasteiger partial charge in [0.15, 0.2) is 12.3 Å². The average Bonchev–Trinajstić information content (AvgIpc) is 2.56. The molecule has 2 aromatic rings. The highest BCUT2D eigenvalue weighted by Crippen LogP contribution is 2.23. The third kappa shape index (κ3) is 4.67. The lowest BCUT2D eigenvalue weighted by molar-refractivity contribution is -0.189. The Morgan fingerprint density at radius 1 is 1.36 bits per heavy atom. The molecule has 2 rings (SSSR count). The van der Waals surface area contributed by atoms with E-state index in [9.17, 15) is 19.4 Å². The molecule has 0 bridgehead atoms. The second-order valence-corrected chi connectivity index (χ2v) is 5.66. The van der Waals surface area contributed by atoms with Crippen LogP contribution in [0.5, 0.6) is 5.75 Å². The molecule has 6 nitrogen and oxygen atoms in total. The monoisotopic (exact) mass is 364 g/mol. The Labute approximate surface area is 148 Å².